The van der Waals surface area contributed by atoms with Gasteiger partial charge in [0.25, 0.3) is 11.8 Å². The number of rotatable bonds is 9. The van der Waals surface area contributed by atoms with E-state index in [-0.39, 0.29) is 13.3 Å². The fourth-order valence-corrected chi connectivity index (χ4v) is 3.98. The van der Waals surface area contributed by atoms with E-state index in [1.54, 1.807) is 43.5 Å². The van der Waals surface area contributed by atoms with Crippen LogP contribution in [0.2, 0.25) is 0 Å². The van der Waals surface area contributed by atoms with Crippen molar-refractivity contribution in [2.45, 2.75) is 6.61 Å². The molecule has 5 rings (SSSR count). The Morgan fingerprint density at radius 2 is 1.79 bits per heavy atom. The molecule has 2 N–H and O–H groups in total. The van der Waals surface area contributed by atoms with Crippen molar-refractivity contribution in [2.75, 3.05) is 20.4 Å². The van der Waals surface area contributed by atoms with Crippen LogP contribution in [-0.2, 0) is 11.4 Å². The van der Waals surface area contributed by atoms with E-state index in [9.17, 15) is 9.59 Å². The van der Waals surface area contributed by atoms with Crippen LogP contribution in [0.1, 0.15) is 21.5 Å². The van der Waals surface area contributed by atoms with Crippen LogP contribution in [0.5, 0.6) is 23.0 Å². The molecule has 0 aliphatic carbocycles. The lowest BCUT2D eigenvalue weighted by Crippen LogP contribution is -2.34. The van der Waals surface area contributed by atoms with Gasteiger partial charge in [0.15, 0.2) is 23.0 Å². The maximum Gasteiger partial charge on any atom is 0.259 e. The van der Waals surface area contributed by atoms with Crippen molar-refractivity contribution in [2.24, 2.45) is 5.10 Å². The van der Waals surface area contributed by atoms with Gasteiger partial charge in [0.1, 0.15) is 6.61 Å². The van der Waals surface area contributed by atoms with Crippen LogP contribution in [0.4, 0.5) is 0 Å². The molecule has 0 atom stereocenters. The molecule has 0 fully saturated rings. The van der Waals surface area contributed by atoms with E-state index in [0.29, 0.717) is 40.7 Å². The van der Waals surface area contributed by atoms with Crippen LogP contribution >= 0.6 is 0 Å². The normalized spacial score (nSPS) is 11.9. The first kappa shape index (κ1) is 24.6. The van der Waals surface area contributed by atoms with Crippen LogP contribution in [-0.4, -0.2) is 38.5 Å². The lowest BCUT2D eigenvalue weighted by molar-refractivity contribution is -0.120. The maximum absolute atomic E-state index is 12.3. The third-order valence-corrected chi connectivity index (χ3v) is 5.90. The Kier molecular flexibility index (Phi) is 7.35. The average molecular weight is 512 g/mol. The zero-order valence-corrected chi connectivity index (χ0v) is 20.6. The summed E-state index contributed by atoms with van der Waals surface area (Å²) in [5.41, 5.74) is 4.53. The number of fused-ring (bicyclic) bond motifs is 2. The van der Waals surface area contributed by atoms with Gasteiger partial charge in [-0.25, -0.2) is 5.43 Å². The Balaban J connectivity index is 1.13. The summed E-state index contributed by atoms with van der Waals surface area (Å²) in [5.74, 6) is 1.31. The molecule has 0 spiro atoms. The van der Waals surface area contributed by atoms with Crippen LogP contribution < -0.4 is 29.7 Å². The first-order valence-corrected chi connectivity index (χ1v) is 11.9. The number of nitrogens with zero attached hydrogens (tertiary/aromatic N) is 1. The summed E-state index contributed by atoms with van der Waals surface area (Å²) < 4.78 is 22.0. The summed E-state index contributed by atoms with van der Waals surface area (Å²) in [6.07, 6.45) is 1.48. The maximum atomic E-state index is 12.3. The topological polar surface area (TPSA) is 107 Å². The summed E-state index contributed by atoms with van der Waals surface area (Å²) >= 11 is 0. The molecule has 192 valence electrons. The highest BCUT2D eigenvalue weighted by Crippen LogP contribution is 2.32. The number of benzene rings is 4. The second kappa shape index (κ2) is 11.3. The summed E-state index contributed by atoms with van der Waals surface area (Å²) in [6, 6.07) is 24.4. The van der Waals surface area contributed by atoms with Crippen LogP contribution in [0.3, 0.4) is 0 Å². The second-order valence-electron chi connectivity index (χ2n) is 8.38. The van der Waals surface area contributed by atoms with E-state index < -0.39 is 11.8 Å². The van der Waals surface area contributed by atoms with Crippen molar-refractivity contribution in [3.63, 3.8) is 0 Å². The quantitative estimate of drug-likeness (QED) is 0.260. The summed E-state index contributed by atoms with van der Waals surface area (Å²) in [4.78, 5) is 24.4. The predicted molar refractivity (Wildman–Crippen MR) is 142 cm³/mol. The molecule has 1 aliphatic heterocycles. The molecular weight excluding hydrogens is 486 g/mol. The molecule has 4 aromatic rings. The van der Waals surface area contributed by atoms with Crippen molar-refractivity contribution in [3.8, 4) is 23.0 Å². The third-order valence-electron chi connectivity index (χ3n) is 5.90. The number of amides is 2. The molecular formula is C29H25N3O6. The highest BCUT2D eigenvalue weighted by atomic mass is 16.7. The van der Waals surface area contributed by atoms with Gasteiger partial charge in [-0.1, -0.05) is 42.5 Å². The molecule has 0 radical (unpaired) electrons. The van der Waals surface area contributed by atoms with E-state index in [1.165, 1.54) is 6.21 Å². The van der Waals surface area contributed by atoms with E-state index in [2.05, 4.69) is 34.0 Å². The Bertz CT molecular complexity index is 1510. The van der Waals surface area contributed by atoms with Crippen LogP contribution in [0, 0.1) is 0 Å². The van der Waals surface area contributed by atoms with E-state index >= 15 is 0 Å². The van der Waals surface area contributed by atoms with E-state index in [4.69, 9.17) is 18.9 Å². The lowest BCUT2D eigenvalue weighted by Gasteiger charge is -2.12. The first-order valence-electron chi connectivity index (χ1n) is 11.9. The molecule has 0 unspecified atom stereocenters. The molecule has 0 bridgehead atoms. The minimum Gasteiger partial charge on any atom is -0.493 e. The van der Waals surface area contributed by atoms with Crippen LogP contribution in [0.25, 0.3) is 10.8 Å². The smallest absolute Gasteiger partial charge is 0.259 e. The van der Waals surface area contributed by atoms with Crippen molar-refractivity contribution < 1.29 is 28.5 Å². The van der Waals surface area contributed by atoms with Gasteiger partial charge < -0.3 is 24.3 Å². The predicted octanol–water partition coefficient (Wildman–Crippen LogP) is 4.04. The molecule has 9 heteroatoms. The zero-order valence-electron chi connectivity index (χ0n) is 20.6. The molecule has 0 saturated heterocycles. The van der Waals surface area contributed by atoms with Gasteiger partial charge in [-0.3, -0.25) is 9.59 Å². The number of carbonyl (C=O) groups is 2. The molecule has 1 aliphatic rings. The molecule has 0 aromatic heterocycles. The fraction of sp³-hybridized carbons (Fsp3) is 0.138. The Labute approximate surface area is 219 Å². The molecule has 9 nitrogen and oxygen atoms in total. The summed E-state index contributed by atoms with van der Waals surface area (Å²) in [6.45, 7) is 0.265. The van der Waals surface area contributed by atoms with Crippen molar-refractivity contribution >= 4 is 28.8 Å². The van der Waals surface area contributed by atoms with E-state index in [1.807, 2.05) is 24.3 Å². The van der Waals surface area contributed by atoms with Gasteiger partial charge in [0.05, 0.1) is 19.9 Å². The zero-order chi connectivity index (χ0) is 26.3. The number of methoxy groups -OCH3 is 1. The molecule has 4 aromatic carbocycles. The SMILES string of the molecule is COc1cc(/C=N\NC(=O)CNC(=O)c2ccc3c(c2)OCO3)ccc1OCc1cccc2ccccc12. The number of hydrazone groups is 1. The largest absolute Gasteiger partial charge is 0.493 e. The highest BCUT2D eigenvalue weighted by Gasteiger charge is 2.16. The van der Waals surface area contributed by atoms with Gasteiger partial charge in [0, 0.05) is 5.56 Å². The first-order chi connectivity index (χ1) is 18.6. The van der Waals surface area contributed by atoms with Gasteiger partial charge in [-0.05, 0) is 58.3 Å². The third kappa shape index (κ3) is 5.67. The van der Waals surface area contributed by atoms with Gasteiger partial charge in [-0.2, -0.15) is 5.10 Å². The minimum atomic E-state index is -0.475. The van der Waals surface area contributed by atoms with Crippen molar-refractivity contribution in [1.82, 2.24) is 10.7 Å². The lowest BCUT2D eigenvalue weighted by atomic mass is 10.1. The molecule has 1 heterocycles. The number of nitrogens with one attached hydrogen (secondary N) is 2. The van der Waals surface area contributed by atoms with Crippen molar-refractivity contribution in [3.05, 3.63) is 95.6 Å². The highest BCUT2D eigenvalue weighted by molar-refractivity contribution is 5.97. The monoisotopic (exact) mass is 511 g/mol. The minimum absolute atomic E-state index is 0.119. The average Bonchev–Trinajstić information content (AvgIpc) is 3.43. The molecule has 2 amide bonds. The fourth-order valence-electron chi connectivity index (χ4n) is 3.98. The Morgan fingerprint density at radius 1 is 0.947 bits per heavy atom. The van der Waals surface area contributed by atoms with Crippen LogP contribution in [0.15, 0.2) is 84.0 Å². The summed E-state index contributed by atoms with van der Waals surface area (Å²) in [5, 5.41) is 8.80. The Morgan fingerprint density at radius 3 is 2.68 bits per heavy atom. The molecule has 0 saturated carbocycles. The second-order valence-corrected chi connectivity index (χ2v) is 8.38. The van der Waals surface area contributed by atoms with Gasteiger partial charge in [0.2, 0.25) is 6.79 Å². The number of carbonyl (C=O) groups excluding carboxylic acids is 2. The van der Waals surface area contributed by atoms with Crippen molar-refractivity contribution in [1.29, 1.82) is 0 Å². The number of hydrogen-bond donors (Lipinski definition) is 2. The molecule has 38 heavy (non-hydrogen) atoms. The van der Waals surface area contributed by atoms with Gasteiger partial charge >= 0.3 is 0 Å². The summed E-state index contributed by atoms with van der Waals surface area (Å²) in [7, 11) is 1.56. The number of hydrogen-bond acceptors (Lipinski definition) is 7. The van der Waals surface area contributed by atoms with E-state index in [0.717, 1.165) is 16.3 Å². The Hall–Kier alpha value is -5.05. The number of ether oxygens (including phenoxy) is 4. The standard InChI is InChI=1S/C29H25N3O6/c1-35-26-13-19(9-11-24(26)36-17-22-7-4-6-20-5-2-3-8-23(20)22)15-31-32-28(33)16-30-29(34)21-10-12-25-27(14-21)38-18-37-25/h2-15H,16-18H2,1H3,(H,30,34)(H,32,33)/b31-15-. The van der Waals surface area contributed by atoms with Gasteiger partial charge in [-0.15, -0.1) is 0 Å².